The van der Waals surface area contributed by atoms with Crippen molar-refractivity contribution in [2.75, 3.05) is 10.6 Å². The highest BCUT2D eigenvalue weighted by molar-refractivity contribution is 8.00. The van der Waals surface area contributed by atoms with Crippen LogP contribution in [-0.2, 0) is 4.79 Å². The van der Waals surface area contributed by atoms with Crippen LogP contribution in [0.1, 0.15) is 32.3 Å². The fourth-order valence-corrected chi connectivity index (χ4v) is 5.11. The molecule has 0 aliphatic rings. The van der Waals surface area contributed by atoms with Crippen LogP contribution in [0.15, 0.2) is 95.9 Å². The summed E-state index contributed by atoms with van der Waals surface area (Å²) in [5.41, 5.74) is 4.75. The summed E-state index contributed by atoms with van der Waals surface area (Å²) in [5.74, 6) is -0.429. The quantitative estimate of drug-likeness (QED) is 0.234. The van der Waals surface area contributed by atoms with Crippen LogP contribution >= 0.6 is 35.0 Å². The predicted molar refractivity (Wildman–Crippen MR) is 150 cm³/mol. The molecule has 0 aliphatic heterocycles. The Morgan fingerprint density at radius 3 is 2.22 bits per heavy atom. The van der Waals surface area contributed by atoms with E-state index in [1.165, 1.54) is 17.8 Å². The lowest BCUT2D eigenvalue weighted by molar-refractivity contribution is -0.115. The van der Waals surface area contributed by atoms with Gasteiger partial charge in [-0.1, -0.05) is 65.7 Å². The Bertz CT molecular complexity index is 1390. The Hall–Kier alpha value is -3.25. The maximum Gasteiger partial charge on any atom is 0.257 e. The fourth-order valence-electron chi connectivity index (χ4n) is 3.59. The molecule has 0 radical (unpaired) electrons. The molecule has 1 atom stereocenters. The molecular formula is C29H24Cl2N2O2S. The molecule has 0 heterocycles. The van der Waals surface area contributed by atoms with Crippen molar-refractivity contribution in [3.05, 3.63) is 123 Å². The zero-order valence-corrected chi connectivity index (χ0v) is 22.0. The van der Waals surface area contributed by atoms with Crippen LogP contribution < -0.4 is 10.6 Å². The molecule has 0 fully saturated rings. The van der Waals surface area contributed by atoms with E-state index in [1.54, 1.807) is 24.3 Å². The number of amides is 2. The Balaban J connectivity index is 1.51. The SMILES string of the molecule is Cc1ccc(C)c(NC(=O)C(Sc2ccc(NC(=O)c3ccc(Cl)cc3Cl)cc2)c2ccccc2)c1. The summed E-state index contributed by atoms with van der Waals surface area (Å²) in [5, 5.41) is 6.23. The van der Waals surface area contributed by atoms with Crippen molar-refractivity contribution in [1.82, 2.24) is 0 Å². The minimum Gasteiger partial charge on any atom is -0.325 e. The number of carbonyl (C=O) groups is 2. The molecule has 182 valence electrons. The molecule has 0 saturated carbocycles. The third-order valence-corrected chi connectivity index (χ3v) is 7.35. The standard InChI is InChI=1S/C29H24Cl2N2O2S/c1-18-8-9-19(2)26(16-18)33-29(35)27(20-6-4-3-5-7-20)36-23-13-11-22(12-14-23)32-28(34)24-15-10-21(30)17-25(24)31/h3-17,27H,1-2H3,(H,32,34)(H,33,35). The first-order chi connectivity index (χ1) is 17.3. The molecule has 4 aromatic carbocycles. The molecular weight excluding hydrogens is 511 g/mol. The Labute approximate surface area is 225 Å². The van der Waals surface area contributed by atoms with Crippen LogP contribution in [0.5, 0.6) is 0 Å². The monoisotopic (exact) mass is 534 g/mol. The van der Waals surface area contributed by atoms with E-state index in [1.807, 2.05) is 74.5 Å². The van der Waals surface area contributed by atoms with E-state index < -0.39 is 5.25 Å². The molecule has 4 aromatic rings. The van der Waals surface area contributed by atoms with Crippen molar-refractivity contribution < 1.29 is 9.59 Å². The third kappa shape index (κ3) is 6.49. The average Bonchev–Trinajstić information content (AvgIpc) is 2.86. The first-order valence-corrected chi connectivity index (χ1v) is 12.9. The summed E-state index contributed by atoms with van der Waals surface area (Å²) in [6.07, 6.45) is 0. The molecule has 4 rings (SSSR count). The number of benzene rings is 4. The van der Waals surface area contributed by atoms with Gasteiger partial charge in [0, 0.05) is 21.3 Å². The molecule has 7 heteroatoms. The number of thioether (sulfide) groups is 1. The summed E-state index contributed by atoms with van der Waals surface area (Å²) < 4.78 is 0. The van der Waals surface area contributed by atoms with Gasteiger partial charge in [-0.3, -0.25) is 9.59 Å². The number of hydrogen-bond donors (Lipinski definition) is 2. The first kappa shape index (κ1) is 25.8. The maximum absolute atomic E-state index is 13.4. The van der Waals surface area contributed by atoms with Gasteiger partial charge in [-0.2, -0.15) is 0 Å². The van der Waals surface area contributed by atoms with Gasteiger partial charge in [0.05, 0.1) is 10.6 Å². The lowest BCUT2D eigenvalue weighted by Gasteiger charge is -2.18. The van der Waals surface area contributed by atoms with Crippen LogP contribution in [0.25, 0.3) is 0 Å². The number of nitrogens with one attached hydrogen (secondary N) is 2. The molecule has 0 saturated heterocycles. The number of halogens is 2. The Kier molecular flexibility index (Phi) is 8.36. The molecule has 0 bridgehead atoms. The molecule has 0 spiro atoms. The highest BCUT2D eigenvalue weighted by atomic mass is 35.5. The number of carbonyl (C=O) groups excluding carboxylic acids is 2. The number of anilines is 2. The molecule has 2 N–H and O–H groups in total. The van der Waals surface area contributed by atoms with Crippen molar-refractivity contribution in [2.45, 2.75) is 24.0 Å². The summed E-state index contributed by atoms with van der Waals surface area (Å²) in [6.45, 7) is 3.98. The van der Waals surface area contributed by atoms with Gasteiger partial charge in [0.2, 0.25) is 5.91 Å². The average molecular weight is 535 g/mol. The van der Waals surface area contributed by atoms with Gasteiger partial charge in [0.1, 0.15) is 5.25 Å². The second-order valence-corrected chi connectivity index (χ2v) is 10.3. The van der Waals surface area contributed by atoms with Gasteiger partial charge in [-0.15, -0.1) is 11.8 Å². The van der Waals surface area contributed by atoms with Crippen molar-refractivity contribution in [1.29, 1.82) is 0 Å². The maximum atomic E-state index is 13.4. The van der Waals surface area contributed by atoms with Gasteiger partial charge in [-0.25, -0.2) is 0 Å². The van der Waals surface area contributed by atoms with Crippen molar-refractivity contribution in [2.24, 2.45) is 0 Å². The summed E-state index contributed by atoms with van der Waals surface area (Å²) >= 11 is 13.5. The second-order valence-electron chi connectivity index (χ2n) is 8.32. The molecule has 1 unspecified atom stereocenters. The highest BCUT2D eigenvalue weighted by Crippen LogP contribution is 2.37. The minimum atomic E-state index is -0.459. The molecule has 0 aromatic heterocycles. The first-order valence-electron chi connectivity index (χ1n) is 11.3. The van der Waals surface area contributed by atoms with Crippen LogP contribution in [0, 0.1) is 13.8 Å². The van der Waals surface area contributed by atoms with Crippen LogP contribution in [0.4, 0.5) is 11.4 Å². The highest BCUT2D eigenvalue weighted by Gasteiger charge is 2.23. The van der Waals surface area contributed by atoms with Crippen LogP contribution in [0.2, 0.25) is 10.0 Å². The zero-order valence-electron chi connectivity index (χ0n) is 19.7. The van der Waals surface area contributed by atoms with Crippen molar-refractivity contribution in [3.8, 4) is 0 Å². The molecule has 4 nitrogen and oxygen atoms in total. The predicted octanol–water partition coefficient (Wildman–Crippen LogP) is 8.33. The Morgan fingerprint density at radius 1 is 0.806 bits per heavy atom. The second kappa shape index (κ2) is 11.7. The van der Waals surface area contributed by atoms with E-state index in [2.05, 4.69) is 10.6 Å². The summed E-state index contributed by atoms with van der Waals surface area (Å²) in [6, 6.07) is 27.8. The number of aryl methyl sites for hydroxylation is 2. The van der Waals surface area contributed by atoms with Gasteiger partial charge in [0.15, 0.2) is 0 Å². The van der Waals surface area contributed by atoms with Crippen molar-refractivity contribution in [3.63, 3.8) is 0 Å². The van der Waals surface area contributed by atoms with E-state index in [9.17, 15) is 9.59 Å². The van der Waals surface area contributed by atoms with Crippen LogP contribution in [-0.4, -0.2) is 11.8 Å². The van der Waals surface area contributed by atoms with Gasteiger partial charge in [-0.05, 0) is 79.1 Å². The largest absolute Gasteiger partial charge is 0.325 e. The minimum absolute atomic E-state index is 0.102. The number of rotatable bonds is 7. The Morgan fingerprint density at radius 2 is 1.53 bits per heavy atom. The number of hydrogen-bond acceptors (Lipinski definition) is 3. The van der Waals surface area contributed by atoms with E-state index in [0.717, 1.165) is 27.3 Å². The van der Waals surface area contributed by atoms with Crippen LogP contribution in [0.3, 0.4) is 0 Å². The van der Waals surface area contributed by atoms with E-state index in [-0.39, 0.29) is 16.8 Å². The molecule has 0 aliphatic carbocycles. The molecule has 2 amide bonds. The lowest BCUT2D eigenvalue weighted by Crippen LogP contribution is -2.19. The summed E-state index contributed by atoms with van der Waals surface area (Å²) in [7, 11) is 0. The van der Waals surface area contributed by atoms with Gasteiger partial charge < -0.3 is 10.6 Å². The van der Waals surface area contributed by atoms with Gasteiger partial charge in [0.25, 0.3) is 5.91 Å². The summed E-state index contributed by atoms with van der Waals surface area (Å²) in [4.78, 5) is 26.9. The topological polar surface area (TPSA) is 58.2 Å². The van der Waals surface area contributed by atoms with E-state index in [4.69, 9.17) is 23.2 Å². The van der Waals surface area contributed by atoms with E-state index >= 15 is 0 Å². The van der Waals surface area contributed by atoms with E-state index in [0.29, 0.717) is 16.3 Å². The van der Waals surface area contributed by atoms with Crippen molar-refractivity contribution >= 4 is 58.2 Å². The van der Waals surface area contributed by atoms with Gasteiger partial charge >= 0.3 is 0 Å². The lowest BCUT2D eigenvalue weighted by atomic mass is 10.1. The zero-order chi connectivity index (χ0) is 25.7. The molecule has 36 heavy (non-hydrogen) atoms. The smallest absolute Gasteiger partial charge is 0.257 e. The normalized spacial score (nSPS) is 11.6. The fraction of sp³-hybridized carbons (Fsp3) is 0.103. The third-order valence-electron chi connectivity index (χ3n) is 5.53.